The van der Waals surface area contributed by atoms with Crippen molar-refractivity contribution < 1.29 is 4.79 Å². The van der Waals surface area contributed by atoms with Gasteiger partial charge in [-0.3, -0.25) is 9.78 Å². The van der Waals surface area contributed by atoms with E-state index in [1.807, 2.05) is 0 Å². The van der Waals surface area contributed by atoms with Gasteiger partial charge in [-0.1, -0.05) is 5.21 Å². The van der Waals surface area contributed by atoms with Crippen molar-refractivity contribution in [1.29, 1.82) is 0 Å². The highest BCUT2D eigenvalue weighted by molar-refractivity contribution is 5.96. The number of carbonyl (C=O) groups excluding carboxylic acids is 1. The summed E-state index contributed by atoms with van der Waals surface area (Å²) in [5, 5.41) is 7.40. The van der Waals surface area contributed by atoms with Crippen LogP contribution in [-0.4, -0.2) is 25.9 Å². The zero-order valence-electron chi connectivity index (χ0n) is 7.16. The second-order valence-electron chi connectivity index (χ2n) is 2.60. The van der Waals surface area contributed by atoms with E-state index in [0.29, 0.717) is 11.3 Å². The Morgan fingerprint density at radius 2 is 2.29 bits per heavy atom. The summed E-state index contributed by atoms with van der Waals surface area (Å²) in [6.45, 7) is 0. The monoisotopic (exact) mass is 189 g/mol. The summed E-state index contributed by atoms with van der Waals surface area (Å²) >= 11 is 0. The first-order valence-corrected chi connectivity index (χ1v) is 3.89. The minimum Gasteiger partial charge on any atom is -0.365 e. The zero-order valence-corrected chi connectivity index (χ0v) is 7.16. The smallest absolute Gasteiger partial charge is 0.252 e. The Labute approximate surface area is 79.4 Å². The summed E-state index contributed by atoms with van der Waals surface area (Å²) in [5.41, 5.74) is 6.07. The first-order chi connectivity index (χ1) is 6.79. The second-order valence-corrected chi connectivity index (χ2v) is 2.60. The van der Waals surface area contributed by atoms with E-state index in [2.05, 4.69) is 15.3 Å². The van der Waals surface area contributed by atoms with E-state index < -0.39 is 5.91 Å². The third kappa shape index (κ3) is 1.33. The van der Waals surface area contributed by atoms with Gasteiger partial charge in [0.15, 0.2) is 0 Å². The predicted molar refractivity (Wildman–Crippen MR) is 47.7 cm³/mol. The molecule has 0 aliphatic carbocycles. The average molecular weight is 189 g/mol. The predicted octanol–water partition coefficient (Wildman–Crippen LogP) is -0.239. The number of nitrogens with zero attached hydrogens (tertiary/aromatic N) is 4. The molecule has 0 saturated heterocycles. The lowest BCUT2D eigenvalue weighted by molar-refractivity contribution is 0.1000. The molecule has 0 saturated carbocycles. The van der Waals surface area contributed by atoms with Crippen molar-refractivity contribution in [2.75, 3.05) is 0 Å². The number of primary amides is 1. The van der Waals surface area contributed by atoms with Gasteiger partial charge >= 0.3 is 0 Å². The summed E-state index contributed by atoms with van der Waals surface area (Å²) < 4.78 is 1.46. The highest BCUT2D eigenvalue weighted by Gasteiger charge is 2.09. The maximum absolute atomic E-state index is 11.0. The molecule has 0 aromatic carbocycles. The van der Waals surface area contributed by atoms with Gasteiger partial charge in [0, 0.05) is 12.4 Å². The van der Waals surface area contributed by atoms with Gasteiger partial charge in [-0.25, -0.2) is 4.68 Å². The average Bonchev–Trinajstić information content (AvgIpc) is 2.70. The maximum Gasteiger partial charge on any atom is 0.252 e. The third-order valence-electron chi connectivity index (χ3n) is 1.73. The molecule has 2 heterocycles. The molecule has 70 valence electrons. The van der Waals surface area contributed by atoms with E-state index in [0.717, 1.165) is 0 Å². The molecular formula is C8H7N5O. The van der Waals surface area contributed by atoms with Gasteiger partial charge in [0.1, 0.15) is 0 Å². The molecule has 0 fully saturated rings. The van der Waals surface area contributed by atoms with Gasteiger partial charge in [-0.2, -0.15) is 0 Å². The van der Waals surface area contributed by atoms with Crippen molar-refractivity contribution in [1.82, 2.24) is 20.0 Å². The minimum absolute atomic E-state index is 0.318. The van der Waals surface area contributed by atoms with Crippen LogP contribution in [0.1, 0.15) is 10.4 Å². The summed E-state index contributed by atoms with van der Waals surface area (Å²) in [7, 11) is 0. The molecule has 6 nitrogen and oxygen atoms in total. The van der Waals surface area contributed by atoms with E-state index in [4.69, 9.17) is 5.73 Å². The first kappa shape index (κ1) is 8.36. The van der Waals surface area contributed by atoms with Gasteiger partial charge in [0.25, 0.3) is 5.91 Å². The molecule has 0 radical (unpaired) electrons. The Bertz CT molecular complexity index is 451. The number of pyridine rings is 1. The summed E-state index contributed by atoms with van der Waals surface area (Å²) in [6, 6.07) is 1.65. The number of amides is 1. The molecule has 2 rings (SSSR count). The Morgan fingerprint density at radius 1 is 1.43 bits per heavy atom. The zero-order chi connectivity index (χ0) is 9.97. The van der Waals surface area contributed by atoms with Gasteiger partial charge in [-0.05, 0) is 6.07 Å². The van der Waals surface area contributed by atoms with Crippen molar-refractivity contribution in [2.24, 2.45) is 5.73 Å². The molecule has 0 aliphatic rings. The lowest BCUT2D eigenvalue weighted by atomic mass is 10.2. The molecule has 0 aliphatic heterocycles. The van der Waals surface area contributed by atoms with Gasteiger partial charge in [0.05, 0.1) is 23.6 Å². The van der Waals surface area contributed by atoms with Crippen LogP contribution in [0.3, 0.4) is 0 Å². The SMILES string of the molecule is NC(=O)c1cnccc1-n1ccnn1. The van der Waals surface area contributed by atoms with Crippen LogP contribution in [0, 0.1) is 0 Å². The molecule has 14 heavy (non-hydrogen) atoms. The molecular weight excluding hydrogens is 182 g/mol. The fourth-order valence-corrected chi connectivity index (χ4v) is 1.11. The molecule has 0 spiro atoms. The molecule has 0 atom stereocenters. The number of aromatic nitrogens is 4. The van der Waals surface area contributed by atoms with Crippen LogP contribution >= 0.6 is 0 Å². The second kappa shape index (κ2) is 3.25. The van der Waals surface area contributed by atoms with Crippen molar-refractivity contribution >= 4 is 5.91 Å². The molecule has 0 unspecified atom stereocenters. The van der Waals surface area contributed by atoms with E-state index in [9.17, 15) is 4.79 Å². The number of carbonyl (C=O) groups is 1. The molecule has 6 heteroatoms. The van der Waals surface area contributed by atoms with Crippen LogP contribution in [0.5, 0.6) is 0 Å². The lowest BCUT2D eigenvalue weighted by Gasteiger charge is -2.03. The van der Waals surface area contributed by atoms with Crippen molar-refractivity contribution in [3.8, 4) is 5.69 Å². The van der Waals surface area contributed by atoms with Crippen molar-refractivity contribution in [3.05, 3.63) is 36.4 Å². The van der Waals surface area contributed by atoms with Crippen LogP contribution in [0.2, 0.25) is 0 Å². The molecule has 2 N–H and O–H groups in total. The topological polar surface area (TPSA) is 86.7 Å². The number of rotatable bonds is 2. The van der Waals surface area contributed by atoms with Crippen LogP contribution in [0.15, 0.2) is 30.9 Å². The molecule has 0 bridgehead atoms. The molecule has 2 aromatic rings. The Balaban J connectivity index is 2.58. The Kier molecular flexibility index (Phi) is 1.94. The van der Waals surface area contributed by atoms with Gasteiger partial charge in [-0.15, -0.1) is 5.10 Å². The minimum atomic E-state index is -0.538. The highest BCUT2D eigenvalue weighted by atomic mass is 16.1. The normalized spacial score (nSPS) is 10.0. The number of hydrogen-bond donors (Lipinski definition) is 1. The number of hydrogen-bond acceptors (Lipinski definition) is 4. The van der Waals surface area contributed by atoms with Crippen molar-refractivity contribution in [3.63, 3.8) is 0 Å². The first-order valence-electron chi connectivity index (χ1n) is 3.89. The van der Waals surface area contributed by atoms with E-state index in [1.165, 1.54) is 17.1 Å². The Morgan fingerprint density at radius 3 is 2.93 bits per heavy atom. The van der Waals surface area contributed by atoms with Crippen LogP contribution in [-0.2, 0) is 0 Å². The largest absolute Gasteiger partial charge is 0.365 e. The van der Waals surface area contributed by atoms with Gasteiger partial charge in [0.2, 0.25) is 0 Å². The van der Waals surface area contributed by atoms with E-state index in [1.54, 1.807) is 18.5 Å². The molecule has 2 aromatic heterocycles. The fraction of sp³-hybridized carbons (Fsp3) is 0. The maximum atomic E-state index is 11.0. The van der Waals surface area contributed by atoms with Gasteiger partial charge < -0.3 is 5.73 Å². The summed E-state index contributed by atoms with van der Waals surface area (Å²) in [5.74, 6) is -0.538. The lowest BCUT2D eigenvalue weighted by Crippen LogP contribution is -2.15. The summed E-state index contributed by atoms with van der Waals surface area (Å²) in [4.78, 5) is 14.9. The Hall–Kier alpha value is -2.24. The van der Waals surface area contributed by atoms with Crippen molar-refractivity contribution in [2.45, 2.75) is 0 Å². The molecule has 1 amide bonds. The highest BCUT2D eigenvalue weighted by Crippen LogP contribution is 2.09. The standard InChI is InChI=1S/C8H7N5O/c9-8(14)6-5-10-2-1-7(6)13-4-3-11-12-13/h1-5H,(H2,9,14). The van der Waals surface area contributed by atoms with Crippen LogP contribution in [0.25, 0.3) is 5.69 Å². The number of nitrogens with two attached hydrogens (primary N) is 1. The van der Waals surface area contributed by atoms with E-state index in [-0.39, 0.29) is 0 Å². The van der Waals surface area contributed by atoms with Crippen LogP contribution in [0.4, 0.5) is 0 Å². The summed E-state index contributed by atoms with van der Waals surface area (Å²) in [6.07, 6.45) is 6.11. The van der Waals surface area contributed by atoms with E-state index >= 15 is 0 Å². The third-order valence-corrected chi connectivity index (χ3v) is 1.73. The quantitative estimate of drug-likeness (QED) is 0.706. The fourth-order valence-electron chi connectivity index (χ4n) is 1.11. The van der Waals surface area contributed by atoms with Crippen LogP contribution < -0.4 is 5.73 Å².